The Morgan fingerprint density at radius 1 is 1.50 bits per heavy atom. The van der Waals surface area contributed by atoms with Crippen LogP contribution in [0, 0.1) is 0 Å². The number of nitrogens with zero attached hydrogens (tertiary/aromatic N) is 1. The van der Waals surface area contributed by atoms with E-state index in [2.05, 4.69) is 0 Å². The van der Waals surface area contributed by atoms with E-state index in [9.17, 15) is 17.4 Å². The van der Waals surface area contributed by atoms with Crippen LogP contribution in [-0.4, -0.2) is 14.2 Å². The first-order chi connectivity index (χ1) is 3.50. The molecule has 0 aliphatic heterocycles. The summed E-state index contributed by atoms with van der Waals surface area (Å²) in [6, 6.07) is 0. The molecule has 0 amide bonds. The lowest BCUT2D eigenvalue weighted by Gasteiger charge is -1.80. The van der Waals surface area contributed by atoms with Crippen LogP contribution in [-0.2, 0) is 10.0 Å². The first-order valence-corrected chi connectivity index (χ1v) is 3.46. The molecule has 0 heterocycles. The minimum Gasteiger partial charge on any atom is -0.160 e. The smallest absolute Gasteiger partial charge is 0.160 e. The molecular weight excluding hydrogens is 140 g/mol. The monoisotopic (exact) mass is 145 g/mol. The van der Waals surface area contributed by atoms with E-state index in [1.54, 1.807) is 0 Å². The van der Waals surface area contributed by atoms with Gasteiger partial charge in [-0.1, -0.05) is 0 Å². The summed E-state index contributed by atoms with van der Waals surface area (Å²) in [5, 5.41) is 0. The molecule has 0 aromatic rings. The van der Waals surface area contributed by atoms with Crippen LogP contribution in [0.25, 0.3) is 0 Å². The maximum atomic E-state index is 11.1. The van der Waals surface area contributed by atoms with Gasteiger partial charge >= 0.3 is 14.8 Å². The second-order valence-electron chi connectivity index (χ2n) is 1.07. The minimum atomic E-state index is -4.24. The van der Waals surface area contributed by atoms with Crippen molar-refractivity contribution in [1.82, 2.24) is 4.75 Å². The third-order valence-electron chi connectivity index (χ3n) is 0.575. The highest BCUT2D eigenvalue weighted by Gasteiger charge is 2.34. The van der Waals surface area contributed by atoms with Crippen molar-refractivity contribution >= 4 is 10.0 Å². The molecule has 0 spiro atoms. The number of rotatable bonds is 2. The average molecular weight is 145 g/mol. The molecule has 0 aromatic carbocycles. The first kappa shape index (κ1) is 7.77. The zero-order valence-electron chi connectivity index (χ0n) is 4.13. The molecule has 0 fully saturated rings. The van der Waals surface area contributed by atoms with Crippen molar-refractivity contribution < 1.29 is 17.4 Å². The first-order valence-electron chi connectivity index (χ1n) is 1.85. The molecule has 0 saturated carbocycles. The molecule has 0 rings (SSSR count). The van der Waals surface area contributed by atoms with E-state index in [1.807, 2.05) is 0 Å². The van der Waals surface area contributed by atoms with Gasteiger partial charge in [-0.25, -0.2) is 0 Å². The molecule has 8 heavy (non-hydrogen) atoms. The van der Waals surface area contributed by atoms with Crippen LogP contribution in [0.1, 0.15) is 6.92 Å². The maximum Gasteiger partial charge on any atom is 0.426 e. The van der Waals surface area contributed by atoms with Crippen LogP contribution in [0.3, 0.4) is 0 Å². The molecule has 6 heteroatoms. The summed E-state index contributed by atoms with van der Waals surface area (Å²) in [7, 11) is -4.24. The number of sulfonamides is 1. The van der Waals surface area contributed by atoms with E-state index in [1.165, 1.54) is 0 Å². The van der Waals surface area contributed by atoms with Crippen molar-refractivity contribution in [2.75, 3.05) is 5.75 Å². The van der Waals surface area contributed by atoms with Crippen LogP contribution in [0.4, 0.5) is 8.96 Å². The van der Waals surface area contributed by atoms with Crippen LogP contribution in [0.15, 0.2) is 0 Å². The van der Waals surface area contributed by atoms with E-state index >= 15 is 0 Å². The molecule has 0 N–H and O–H groups in total. The zero-order valence-corrected chi connectivity index (χ0v) is 4.95. The summed E-state index contributed by atoms with van der Waals surface area (Å²) in [6.45, 7) is 1.14. The van der Waals surface area contributed by atoms with Crippen molar-refractivity contribution in [3.63, 3.8) is 0 Å². The van der Waals surface area contributed by atoms with E-state index < -0.39 is 20.5 Å². The number of hydrogen-bond donors (Lipinski definition) is 0. The maximum absolute atomic E-state index is 11.1. The molecule has 0 bridgehead atoms. The van der Waals surface area contributed by atoms with Crippen LogP contribution < -0.4 is 4.75 Å². The Morgan fingerprint density at radius 2 is 1.88 bits per heavy atom. The Kier molecular flexibility index (Phi) is 2.29. The zero-order chi connectivity index (χ0) is 6.78. The Labute approximate surface area is 45.8 Å². The van der Waals surface area contributed by atoms with Gasteiger partial charge in [0.25, 0.3) is 0 Å². The largest absolute Gasteiger partial charge is 0.426 e. The van der Waals surface area contributed by atoms with Crippen molar-refractivity contribution in [2.45, 2.75) is 6.92 Å². The highest BCUT2D eigenvalue weighted by atomic mass is 32.2. The van der Waals surface area contributed by atoms with Crippen molar-refractivity contribution in [1.29, 1.82) is 0 Å². The topological polar surface area (TPSA) is 40.0 Å². The van der Waals surface area contributed by atoms with Gasteiger partial charge in [0.1, 0.15) is 14.7 Å². The molecule has 1 radical (unpaired) electrons. The van der Waals surface area contributed by atoms with Crippen LogP contribution in [0.2, 0.25) is 0 Å². The predicted octanol–water partition coefficient (Wildman–Crippen LogP) is 0.245. The Balaban J connectivity index is 4.17. The van der Waals surface area contributed by atoms with Gasteiger partial charge in [0.2, 0.25) is 0 Å². The lowest BCUT2D eigenvalue weighted by atomic mass is 11.0. The molecule has 0 aliphatic rings. The Hall–Kier alpha value is -0.230. The summed E-state index contributed by atoms with van der Waals surface area (Å²) in [4.78, 5) is 0. The van der Waals surface area contributed by atoms with Gasteiger partial charge in [-0.2, -0.15) is 8.42 Å². The second kappa shape index (κ2) is 2.36. The normalized spacial score (nSPS) is 12.5. The van der Waals surface area contributed by atoms with Gasteiger partial charge in [-0.15, -0.1) is 0 Å². The molecule has 0 saturated heterocycles. The predicted molar refractivity (Wildman–Crippen MR) is 23.8 cm³/mol. The molecule has 49 valence electrons. The Bertz CT molecular complexity index is 151. The van der Waals surface area contributed by atoms with Gasteiger partial charge in [0.05, 0.1) is 0 Å². The lowest BCUT2D eigenvalue weighted by Crippen LogP contribution is -2.21. The van der Waals surface area contributed by atoms with E-state index in [0.717, 1.165) is 6.92 Å². The van der Waals surface area contributed by atoms with Gasteiger partial charge < -0.3 is 0 Å². The summed E-state index contributed by atoms with van der Waals surface area (Å²) in [6.07, 6.45) is 0. The van der Waals surface area contributed by atoms with Crippen molar-refractivity contribution in [3.05, 3.63) is 0 Å². The fourth-order valence-electron chi connectivity index (χ4n) is 0.0976. The summed E-state index contributed by atoms with van der Waals surface area (Å²) in [5.41, 5.74) is 0. The fourth-order valence-corrected chi connectivity index (χ4v) is 0.293. The summed E-state index contributed by atoms with van der Waals surface area (Å²) < 4.78 is 40.1. The average Bonchev–Trinajstić information content (AvgIpc) is 1.67. The van der Waals surface area contributed by atoms with E-state index in [-0.39, 0.29) is 0 Å². The van der Waals surface area contributed by atoms with Gasteiger partial charge in [-0.3, -0.25) is 0 Å². The molecule has 3 nitrogen and oxygen atoms in total. The van der Waals surface area contributed by atoms with E-state index in [0.29, 0.717) is 0 Å². The Morgan fingerprint density at radius 3 is 1.88 bits per heavy atom. The van der Waals surface area contributed by atoms with Gasteiger partial charge in [0.15, 0.2) is 0 Å². The van der Waals surface area contributed by atoms with Gasteiger partial charge in [-0.05, 0) is 6.92 Å². The molecule has 0 atom stereocenters. The van der Waals surface area contributed by atoms with Crippen molar-refractivity contribution in [3.8, 4) is 0 Å². The van der Waals surface area contributed by atoms with Crippen LogP contribution in [0.5, 0.6) is 0 Å². The molecule has 0 aromatic heterocycles. The number of hydrogen-bond acceptors (Lipinski definition) is 2. The quantitative estimate of drug-likeness (QED) is 0.522. The lowest BCUT2D eigenvalue weighted by molar-refractivity contribution is 0.0548. The standard InChI is InChI=1S/C2H5F2NO2S/c1-2-8(6,7)5(3)4/h2H2,1H3/q+1. The molecule has 0 unspecified atom stereocenters. The number of halogens is 2. The van der Waals surface area contributed by atoms with Crippen LogP contribution >= 0.6 is 0 Å². The summed E-state index contributed by atoms with van der Waals surface area (Å²) >= 11 is 0. The summed E-state index contributed by atoms with van der Waals surface area (Å²) in [5.74, 6) is -0.569. The molecular formula is C2H5F2NO2S+. The third-order valence-corrected chi connectivity index (χ3v) is 1.73. The highest BCUT2D eigenvalue weighted by Crippen LogP contribution is 1.95. The molecule has 0 aliphatic carbocycles. The van der Waals surface area contributed by atoms with Crippen molar-refractivity contribution in [2.24, 2.45) is 0 Å². The highest BCUT2D eigenvalue weighted by molar-refractivity contribution is 7.89. The third kappa shape index (κ3) is 1.71. The fraction of sp³-hybridized carbons (Fsp3) is 1.00. The second-order valence-corrected chi connectivity index (χ2v) is 3.09. The van der Waals surface area contributed by atoms with E-state index in [4.69, 9.17) is 0 Å². The minimum absolute atomic E-state index is 0.569. The SMILES string of the molecule is CCS(=O)(=O)[N+](F)F. The van der Waals surface area contributed by atoms with Gasteiger partial charge in [0, 0.05) is 0 Å².